The lowest BCUT2D eigenvalue weighted by Crippen LogP contribution is -2.25. The number of hydrogen-bond donors (Lipinski definition) is 0. The van der Waals surface area contributed by atoms with E-state index in [1.54, 1.807) is 6.20 Å². The predicted molar refractivity (Wildman–Crippen MR) is 117 cm³/mol. The number of hydrogen-bond acceptors (Lipinski definition) is 5. The van der Waals surface area contributed by atoms with Crippen LogP contribution in [0.3, 0.4) is 0 Å². The normalized spacial score (nSPS) is 28.7. The zero-order valence-corrected chi connectivity index (χ0v) is 18.8. The molecule has 2 aromatic heterocycles. The molecule has 5 rings (SSSR count). The van der Waals surface area contributed by atoms with Crippen molar-refractivity contribution in [3.8, 4) is 5.88 Å². The summed E-state index contributed by atoms with van der Waals surface area (Å²) in [4.78, 5) is 16.9. The molecule has 3 atom stereocenters. The van der Waals surface area contributed by atoms with E-state index in [9.17, 15) is 4.79 Å². The zero-order valence-electron chi connectivity index (χ0n) is 18.8. The number of nitrogens with zero attached hydrogens (tertiary/aromatic N) is 3. The highest BCUT2D eigenvalue weighted by Crippen LogP contribution is 2.62. The molecule has 0 saturated heterocycles. The molecule has 2 heterocycles. The number of rotatable bonds is 7. The molecule has 0 spiro atoms. The first-order chi connectivity index (χ1) is 15.1. The lowest BCUT2D eigenvalue weighted by atomic mass is 9.85. The molecule has 0 unspecified atom stereocenters. The number of esters is 1. The van der Waals surface area contributed by atoms with Crippen molar-refractivity contribution >= 4 is 5.97 Å². The fourth-order valence-electron chi connectivity index (χ4n) is 5.77. The third-order valence-electron chi connectivity index (χ3n) is 7.67. The van der Waals surface area contributed by atoms with Gasteiger partial charge in [-0.3, -0.25) is 4.68 Å². The Labute approximate surface area is 184 Å². The van der Waals surface area contributed by atoms with Crippen molar-refractivity contribution in [3.63, 3.8) is 0 Å². The third kappa shape index (κ3) is 3.85. The number of fused-ring (bicyclic) bond motifs is 3. The van der Waals surface area contributed by atoms with Crippen LogP contribution in [0.2, 0.25) is 0 Å². The summed E-state index contributed by atoms with van der Waals surface area (Å²) in [6.45, 7) is 7.48. The Bertz CT molecular complexity index is 961. The molecule has 3 aliphatic rings. The molecule has 166 valence electrons. The van der Waals surface area contributed by atoms with Crippen LogP contribution in [0.4, 0.5) is 0 Å². The fraction of sp³-hybridized carbons (Fsp3) is 0.640. The SMILES string of the molecule is CCOC(=O)c1nn(CC[C@H]2CC[C@@H](Oc3ncccc3C)CC2)c2c1[C@@H]1[C@H](C)[C@@H]1C2. The molecule has 6 heteroatoms. The zero-order chi connectivity index (χ0) is 21.5. The number of pyridine rings is 1. The number of carbonyl (C=O) groups is 1. The van der Waals surface area contributed by atoms with Gasteiger partial charge in [0, 0.05) is 29.6 Å². The highest BCUT2D eigenvalue weighted by atomic mass is 16.5. The largest absolute Gasteiger partial charge is 0.474 e. The van der Waals surface area contributed by atoms with Crippen LogP contribution in [0.15, 0.2) is 18.3 Å². The van der Waals surface area contributed by atoms with Crippen LogP contribution in [0.1, 0.15) is 79.2 Å². The maximum atomic E-state index is 12.5. The van der Waals surface area contributed by atoms with Crippen molar-refractivity contribution in [1.82, 2.24) is 14.8 Å². The van der Waals surface area contributed by atoms with Gasteiger partial charge in [0.2, 0.25) is 5.88 Å². The lowest BCUT2D eigenvalue weighted by molar-refractivity contribution is 0.0516. The monoisotopic (exact) mass is 423 g/mol. The van der Waals surface area contributed by atoms with E-state index >= 15 is 0 Å². The van der Waals surface area contributed by atoms with Crippen LogP contribution < -0.4 is 4.74 Å². The van der Waals surface area contributed by atoms with E-state index in [2.05, 4.69) is 16.6 Å². The first-order valence-electron chi connectivity index (χ1n) is 11.9. The Morgan fingerprint density at radius 2 is 2.06 bits per heavy atom. The van der Waals surface area contributed by atoms with E-state index in [0.29, 0.717) is 36.0 Å². The molecule has 0 aromatic carbocycles. The molecular formula is C25H33N3O3. The molecule has 0 radical (unpaired) electrons. The fourth-order valence-corrected chi connectivity index (χ4v) is 5.77. The summed E-state index contributed by atoms with van der Waals surface area (Å²) in [5.41, 5.74) is 4.16. The molecule has 0 N–H and O–H groups in total. The van der Waals surface area contributed by atoms with Gasteiger partial charge in [-0.1, -0.05) is 13.0 Å². The number of ether oxygens (including phenoxy) is 2. The average Bonchev–Trinajstić information content (AvgIpc) is 3.10. The van der Waals surface area contributed by atoms with Crippen LogP contribution >= 0.6 is 0 Å². The highest BCUT2D eigenvalue weighted by molar-refractivity contribution is 5.90. The molecule has 6 nitrogen and oxygen atoms in total. The molecular weight excluding hydrogens is 390 g/mol. The lowest BCUT2D eigenvalue weighted by Gasteiger charge is -2.29. The van der Waals surface area contributed by atoms with Gasteiger partial charge in [0.15, 0.2) is 5.69 Å². The first kappa shape index (κ1) is 20.5. The van der Waals surface area contributed by atoms with Crippen molar-refractivity contribution in [2.24, 2.45) is 17.8 Å². The van der Waals surface area contributed by atoms with Crippen LogP contribution in [0, 0.1) is 24.7 Å². The molecule has 31 heavy (non-hydrogen) atoms. The third-order valence-corrected chi connectivity index (χ3v) is 7.67. The Morgan fingerprint density at radius 3 is 2.81 bits per heavy atom. The van der Waals surface area contributed by atoms with Crippen molar-refractivity contribution < 1.29 is 14.3 Å². The Kier molecular flexibility index (Phi) is 5.49. The van der Waals surface area contributed by atoms with Gasteiger partial charge in [-0.15, -0.1) is 0 Å². The Morgan fingerprint density at radius 1 is 1.26 bits per heavy atom. The molecule has 0 bridgehead atoms. The van der Waals surface area contributed by atoms with Crippen molar-refractivity contribution in [1.29, 1.82) is 0 Å². The second kappa shape index (κ2) is 8.29. The van der Waals surface area contributed by atoms with E-state index in [-0.39, 0.29) is 12.1 Å². The van der Waals surface area contributed by atoms with E-state index in [0.717, 1.165) is 43.7 Å². The average molecular weight is 424 g/mol. The summed E-state index contributed by atoms with van der Waals surface area (Å²) >= 11 is 0. The summed E-state index contributed by atoms with van der Waals surface area (Å²) in [5.74, 6) is 3.11. The molecule has 2 saturated carbocycles. The van der Waals surface area contributed by atoms with Crippen molar-refractivity contribution in [2.75, 3.05) is 6.61 Å². The minimum absolute atomic E-state index is 0.250. The molecule has 2 aromatic rings. The van der Waals surface area contributed by atoms with Gasteiger partial charge >= 0.3 is 5.97 Å². The van der Waals surface area contributed by atoms with Crippen LogP contribution in [0.5, 0.6) is 5.88 Å². The number of aromatic nitrogens is 3. The summed E-state index contributed by atoms with van der Waals surface area (Å²) in [7, 11) is 0. The quantitative estimate of drug-likeness (QED) is 0.604. The van der Waals surface area contributed by atoms with Crippen LogP contribution in [-0.4, -0.2) is 33.4 Å². The molecule has 0 aliphatic heterocycles. The second-order valence-corrected chi connectivity index (χ2v) is 9.58. The minimum Gasteiger partial charge on any atom is -0.474 e. The Balaban J connectivity index is 1.18. The van der Waals surface area contributed by atoms with Crippen LogP contribution in [-0.2, 0) is 17.7 Å². The summed E-state index contributed by atoms with van der Waals surface area (Å²) in [5, 5.41) is 4.74. The predicted octanol–water partition coefficient (Wildman–Crippen LogP) is 4.70. The number of aryl methyl sites for hydroxylation is 2. The van der Waals surface area contributed by atoms with Gasteiger partial charge in [0.1, 0.15) is 6.10 Å². The second-order valence-electron chi connectivity index (χ2n) is 9.58. The Hall–Kier alpha value is -2.37. The maximum Gasteiger partial charge on any atom is 0.359 e. The van der Waals surface area contributed by atoms with Gasteiger partial charge in [-0.25, -0.2) is 9.78 Å². The molecule has 3 aliphatic carbocycles. The molecule has 2 fully saturated rings. The molecule has 0 amide bonds. The summed E-state index contributed by atoms with van der Waals surface area (Å²) in [6, 6.07) is 3.99. The highest BCUT2D eigenvalue weighted by Gasteiger charge is 2.56. The minimum atomic E-state index is -0.250. The van der Waals surface area contributed by atoms with Crippen LogP contribution in [0.25, 0.3) is 0 Å². The van der Waals surface area contributed by atoms with E-state index in [4.69, 9.17) is 14.6 Å². The summed E-state index contributed by atoms with van der Waals surface area (Å²) in [6.07, 6.45) is 8.74. The summed E-state index contributed by atoms with van der Waals surface area (Å²) < 4.78 is 13.6. The van der Waals surface area contributed by atoms with E-state index < -0.39 is 0 Å². The number of carbonyl (C=O) groups excluding carboxylic acids is 1. The van der Waals surface area contributed by atoms with Gasteiger partial charge in [-0.2, -0.15) is 5.10 Å². The van der Waals surface area contributed by atoms with E-state index in [1.807, 2.05) is 26.0 Å². The van der Waals surface area contributed by atoms with E-state index in [1.165, 1.54) is 24.1 Å². The van der Waals surface area contributed by atoms with Gasteiger partial charge in [-0.05, 0) is 82.1 Å². The smallest absolute Gasteiger partial charge is 0.359 e. The van der Waals surface area contributed by atoms with Gasteiger partial charge < -0.3 is 9.47 Å². The van der Waals surface area contributed by atoms with Crippen molar-refractivity contribution in [3.05, 3.63) is 40.8 Å². The van der Waals surface area contributed by atoms with Gasteiger partial charge in [0.25, 0.3) is 0 Å². The maximum absolute atomic E-state index is 12.5. The standard InChI is InChI=1S/C25H33N3O3/c1-4-30-25(29)23-22-20(14-19-16(3)21(19)22)28(27-23)13-11-17-7-9-18(10-8-17)31-24-15(2)6-5-12-26-24/h5-6,12,16-19,21H,4,7-11,13-14H2,1-3H3/t16-,17-,18+,19+,21-/m1/s1. The van der Waals surface area contributed by atoms with Gasteiger partial charge in [0.05, 0.1) is 6.61 Å². The van der Waals surface area contributed by atoms with Crippen molar-refractivity contribution in [2.45, 2.75) is 77.9 Å². The topological polar surface area (TPSA) is 66.2 Å². The first-order valence-corrected chi connectivity index (χ1v) is 11.9.